The van der Waals surface area contributed by atoms with E-state index in [4.69, 9.17) is 9.84 Å². The van der Waals surface area contributed by atoms with Crippen molar-refractivity contribution in [3.8, 4) is 0 Å². The van der Waals surface area contributed by atoms with Gasteiger partial charge in [-0.1, -0.05) is 13.8 Å². The number of amides is 2. The van der Waals surface area contributed by atoms with Crippen LogP contribution in [0.25, 0.3) is 0 Å². The molecular weight excluding hydrogens is 196 g/mol. The lowest BCUT2D eigenvalue weighted by Gasteiger charge is -2.15. The third kappa shape index (κ3) is 8.20. The van der Waals surface area contributed by atoms with Crippen molar-refractivity contribution in [3.05, 3.63) is 0 Å². The summed E-state index contributed by atoms with van der Waals surface area (Å²) in [6, 6.07) is 0.0830. The normalized spacial score (nSPS) is 10.4. The summed E-state index contributed by atoms with van der Waals surface area (Å²) in [5, 5.41) is 14.0. The summed E-state index contributed by atoms with van der Waals surface area (Å²) in [5.41, 5.74) is 0. The summed E-state index contributed by atoms with van der Waals surface area (Å²) >= 11 is 0. The van der Waals surface area contributed by atoms with Crippen LogP contribution in [0.2, 0.25) is 0 Å². The van der Waals surface area contributed by atoms with Crippen molar-refractivity contribution in [1.82, 2.24) is 10.6 Å². The lowest BCUT2D eigenvalue weighted by Crippen LogP contribution is -2.42. The van der Waals surface area contributed by atoms with E-state index in [2.05, 4.69) is 10.6 Å². The lowest BCUT2D eigenvalue weighted by molar-refractivity contribution is 0.0946. The molecule has 2 amide bonds. The number of carbonyl (C=O) groups excluding carboxylic acids is 1. The Balaban J connectivity index is 3.40. The maximum atomic E-state index is 11.3. The van der Waals surface area contributed by atoms with Gasteiger partial charge in [0.15, 0.2) is 0 Å². The molecule has 0 saturated heterocycles. The van der Waals surface area contributed by atoms with E-state index in [1.807, 2.05) is 13.8 Å². The third-order valence-corrected chi connectivity index (χ3v) is 2.09. The maximum Gasteiger partial charge on any atom is 0.315 e. The maximum absolute atomic E-state index is 11.3. The van der Waals surface area contributed by atoms with Gasteiger partial charge >= 0.3 is 6.03 Å². The van der Waals surface area contributed by atoms with E-state index in [9.17, 15) is 4.79 Å². The van der Waals surface area contributed by atoms with Gasteiger partial charge in [-0.2, -0.15) is 0 Å². The van der Waals surface area contributed by atoms with Crippen LogP contribution in [-0.4, -0.2) is 43.5 Å². The van der Waals surface area contributed by atoms with E-state index >= 15 is 0 Å². The fraction of sp³-hybridized carbons (Fsp3) is 0.900. The fourth-order valence-electron chi connectivity index (χ4n) is 1.13. The quantitative estimate of drug-likeness (QED) is 0.519. The Morgan fingerprint density at radius 2 is 2.00 bits per heavy atom. The Morgan fingerprint density at radius 3 is 2.53 bits per heavy atom. The highest BCUT2D eigenvalue weighted by Gasteiger charge is 2.06. The molecule has 0 fully saturated rings. The molecule has 0 aromatic rings. The molecule has 3 N–H and O–H groups in total. The van der Waals surface area contributed by atoms with Crippen LogP contribution in [0.4, 0.5) is 4.79 Å². The molecule has 0 saturated carbocycles. The zero-order chi connectivity index (χ0) is 11.5. The van der Waals surface area contributed by atoms with E-state index in [1.165, 1.54) is 0 Å². The van der Waals surface area contributed by atoms with Gasteiger partial charge in [0, 0.05) is 12.6 Å². The number of hydrogen-bond acceptors (Lipinski definition) is 3. The summed E-state index contributed by atoms with van der Waals surface area (Å²) < 4.78 is 5.00. The first kappa shape index (κ1) is 14.2. The van der Waals surface area contributed by atoms with Crippen molar-refractivity contribution < 1.29 is 14.6 Å². The van der Waals surface area contributed by atoms with Crippen molar-refractivity contribution in [2.24, 2.45) is 0 Å². The van der Waals surface area contributed by atoms with Crippen molar-refractivity contribution in [2.75, 3.05) is 26.4 Å². The predicted molar refractivity (Wildman–Crippen MR) is 58.8 cm³/mol. The van der Waals surface area contributed by atoms with Crippen LogP contribution >= 0.6 is 0 Å². The van der Waals surface area contributed by atoms with Gasteiger partial charge in [-0.3, -0.25) is 0 Å². The Hall–Kier alpha value is -0.810. The van der Waals surface area contributed by atoms with Crippen molar-refractivity contribution in [1.29, 1.82) is 0 Å². The van der Waals surface area contributed by atoms with Crippen LogP contribution in [0.15, 0.2) is 0 Å². The first-order valence-corrected chi connectivity index (χ1v) is 5.47. The van der Waals surface area contributed by atoms with Crippen LogP contribution in [0, 0.1) is 0 Å². The van der Waals surface area contributed by atoms with Crippen LogP contribution < -0.4 is 10.6 Å². The van der Waals surface area contributed by atoms with E-state index in [-0.39, 0.29) is 18.7 Å². The number of rotatable bonds is 8. The number of aliphatic hydroxyl groups is 1. The minimum absolute atomic E-state index is 0.0138. The van der Waals surface area contributed by atoms with E-state index in [0.29, 0.717) is 19.8 Å². The van der Waals surface area contributed by atoms with Crippen LogP contribution in [-0.2, 0) is 4.74 Å². The highest BCUT2D eigenvalue weighted by atomic mass is 16.5. The summed E-state index contributed by atoms with van der Waals surface area (Å²) in [4.78, 5) is 11.3. The van der Waals surface area contributed by atoms with Gasteiger partial charge in [0.2, 0.25) is 0 Å². The molecule has 90 valence electrons. The summed E-state index contributed by atoms with van der Waals surface area (Å²) in [6.45, 7) is 5.30. The number of carbonyl (C=O) groups is 1. The Bertz CT molecular complexity index is 161. The first-order valence-electron chi connectivity index (χ1n) is 5.47. The first-order chi connectivity index (χ1) is 7.24. The van der Waals surface area contributed by atoms with Crippen LogP contribution in [0.5, 0.6) is 0 Å². The highest BCUT2D eigenvalue weighted by Crippen LogP contribution is 1.94. The monoisotopic (exact) mass is 218 g/mol. The Morgan fingerprint density at radius 1 is 1.33 bits per heavy atom. The zero-order valence-electron chi connectivity index (χ0n) is 9.58. The van der Waals surface area contributed by atoms with E-state index in [0.717, 1.165) is 12.8 Å². The molecular formula is C10H22N2O3. The van der Waals surface area contributed by atoms with Crippen molar-refractivity contribution in [3.63, 3.8) is 0 Å². The number of urea groups is 1. The average Bonchev–Trinajstić information content (AvgIpc) is 2.25. The second kappa shape index (κ2) is 9.73. The van der Waals surface area contributed by atoms with E-state index in [1.54, 1.807) is 0 Å². The topological polar surface area (TPSA) is 70.6 Å². The Kier molecular flexibility index (Phi) is 9.21. The zero-order valence-corrected chi connectivity index (χ0v) is 9.58. The molecule has 15 heavy (non-hydrogen) atoms. The van der Waals surface area contributed by atoms with Crippen molar-refractivity contribution >= 4 is 6.03 Å². The van der Waals surface area contributed by atoms with Gasteiger partial charge in [0.05, 0.1) is 19.8 Å². The second-order valence-electron chi connectivity index (χ2n) is 3.25. The molecule has 0 aliphatic heterocycles. The smallest absolute Gasteiger partial charge is 0.315 e. The number of nitrogens with one attached hydrogen (secondary N) is 2. The molecule has 0 radical (unpaired) electrons. The molecule has 0 spiro atoms. The molecule has 0 aliphatic carbocycles. The van der Waals surface area contributed by atoms with Gasteiger partial charge in [-0.05, 0) is 12.8 Å². The fourth-order valence-corrected chi connectivity index (χ4v) is 1.13. The minimum Gasteiger partial charge on any atom is -0.394 e. The molecule has 0 atom stereocenters. The SMILES string of the molecule is CCC(CC)NC(=O)NCCOCCO. The molecule has 0 rings (SSSR count). The molecule has 0 bridgehead atoms. The lowest BCUT2D eigenvalue weighted by atomic mass is 10.2. The summed E-state index contributed by atoms with van der Waals surface area (Å²) in [7, 11) is 0. The Labute approximate surface area is 91.2 Å². The number of aliphatic hydroxyl groups excluding tert-OH is 1. The molecule has 0 unspecified atom stereocenters. The molecule has 0 aromatic heterocycles. The van der Waals surface area contributed by atoms with Crippen molar-refractivity contribution in [2.45, 2.75) is 32.7 Å². The average molecular weight is 218 g/mol. The molecule has 5 heteroatoms. The summed E-state index contributed by atoms with van der Waals surface area (Å²) in [5.74, 6) is 0. The van der Waals surface area contributed by atoms with Crippen LogP contribution in [0.3, 0.4) is 0 Å². The van der Waals surface area contributed by atoms with Gasteiger partial charge in [0.1, 0.15) is 0 Å². The van der Waals surface area contributed by atoms with Gasteiger partial charge < -0.3 is 20.5 Å². The van der Waals surface area contributed by atoms with Crippen LogP contribution in [0.1, 0.15) is 26.7 Å². The molecule has 5 nitrogen and oxygen atoms in total. The van der Waals surface area contributed by atoms with Gasteiger partial charge in [-0.15, -0.1) is 0 Å². The largest absolute Gasteiger partial charge is 0.394 e. The molecule has 0 aliphatic rings. The molecule has 0 aromatic carbocycles. The standard InChI is InChI=1S/C10H22N2O3/c1-3-9(4-2)12-10(14)11-5-7-15-8-6-13/h9,13H,3-8H2,1-2H3,(H2,11,12,14). The van der Waals surface area contributed by atoms with Gasteiger partial charge in [-0.25, -0.2) is 4.79 Å². The minimum atomic E-state index is -0.156. The third-order valence-electron chi connectivity index (χ3n) is 2.09. The number of hydrogen-bond donors (Lipinski definition) is 3. The number of ether oxygens (including phenoxy) is 1. The van der Waals surface area contributed by atoms with E-state index < -0.39 is 0 Å². The molecule has 0 heterocycles. The van der Waals surface area contributed by atoms with Gasteiger partial charge in [0.25, 0.3) is 0 Å². The second-order valence-corrected chi connectivity index (χ2v) is 3.25. The summed E-state index contributed by atoms with van der Waals surface area (Å²) in [6.07, 6.45) is 1.87. The highest BCUT2D eigenvalue weighted by molar-refractivity contribution is 5.74. The predicted octanol–water partition coefficient (Wildman–Crippen LogP) is 0.483.